The first-order valence-corrected chi connectivity index (χ1v) is 5.38. The number of hydrogen-bond acceptors (Lipinski definition) is 4. The minimum atomic E-state index is -1.19. The molecule has 0 spiro atoms. The zero-order chi connectivity index (χ0) is 13.0. The molecule has 0 saturated heterocycles. The van der Waals surface area contributed by atoms with Crippen LogP contribution in [-0.4, -0.2) is 16.8 Å². The summed E-state index contributed by atoms with van der Waals surface area (Å²) >= 11 is 0. The van der Waals surface area contributed by atoms with Gasteiger partial charge in [0.15, 0.2) is 0 Å². The molecule has 0 atom stereocenters. The van der Waals surface area contributed by atoms with Gasteiger partial charge < -0.3 is 14.5 Å². The molecule has 0 radical (unpaired) electrons. The molecule has 0 fully saturated rings. The molecule has 5 heteroatoms. The van der Waals surface area contributed by atoms with Crippen molar-refractivity contribution in [3.05, 3.63) is 53.9 Å². The normalized spacial score (nSPS) is 10.7. The number of hydrogen-bond donors (Lipinski definition) is 1. The predicted molar refractivity (Wildman–Crippen MR) is 67.4 cm³/mol. The van der Waals surface area contributed by atoms with Gasteiger partial charge in [-0.2, -0.15) is 5.10 Å². The summed E-state index contributed by atoms with van der Waals surface area (Å²) in [7, 11) is 1.93. The number of nitrogens with zero attached hydrogens (tertiary/aromatic N) is 2. The van der Waals surface area contributed by atoms with E-state index in [1.54, 1.807) is 18.3 Å². The monoisotopic (exact) mass is 242 g/mol. The van der Waals surface area contributed by atoms with Crippen LogP contribution in [0.25, 0.3) is 0 Å². The Balaban J connectivity index is 2.00. The number of aryl methyl sites for hydroxylation is 1. The Morgan fingerprint density at radius 3 is 2.61 bits per heavy atom. The molecule has 0 amide bonds. The summed E-state index contributed by atoms with van der Waals surface area (Å²) in [6, 6.07) is 10.1. The van der Waals surface area contributed by atoms with Crippen molar-refractivity contribution >= 4 is 17.9 Å². The highest BCUT2D eigenvalue weighted by molar-refractivity contribution is 5.86. The largest absolute Gasteiger partial charge is 0.545 e. The number of aromatic carboxylic acids is 1. The fourth-order valence-corrected chi connectivity index (χ4v) is 1.46. The Bertz CT molecular complexity index is 570. The maximum Gasteiger partial charge on any atom is 0.0715 e. The predicted octanol–water partition coefficient (Wildman–Crippen LogP) is 0.835. The van der Waals surface area contributed by atoms with Crippen LogP contribution in [0.15, 0.2) is 47.7 Å². The van der Waals surface area contributed by atoms with Gasteiger partial charge >= 0.3 is 0 Å². The molecule has 1 heterocycles. The van der Waals surface area contributed by atoms with Crippen LogP contribution in [0.2, 0.25) is 0 Å². The summed E-state index contributed by atoms with van der Waals surface area (Å²) in [6.45, 7) is 0. The lowest BCUT2D eigenvalue weighted by Crippen LogP contribution is -2.21. The number of hydrazone groups is 1. The van der Waals surface area contributed by atoms with Crippen LogP contribution in [0.5, 0.6) is 0 Å². The second kappa shape index (κ2) is 5.18. The molecule has 1 N–H and O–H groups in total. The maximum atomic E-state index is 10.6. The molecule has 92 valence electrons. The lowest BCUT2D eigenvalue weighted by Gasteiger charge is -2.04. The number of rotatable bonds is 4. The van der Waals surface area contributed by atoms with E-state index in [0.29, 0.717) is 5.69 Å². The number of aromatic nitrogens is 1. The highest BCUT2D eigenvalue weighted by Gasteiger charge is 1.94. The van der Waals surface area contributed by atoms with Crippen LogP contribution < -0.4 is 10.5 Å². The highest BCUT2D eigenvalue weighted by atomic mass is 16.4. The van der Waals surface area contributed by atoms with E-state index in [1.165, 1.54) is 12.1 Å². The van der Waals surface area contributed by atoms with Crippen LogP contribution in [0, 0.1) is 0 Å². The summed E-state index contributed by atoms with van der Waals surface area (Å²) in [4.78, 5) is 10.6. The van der Waals surface area contributed by atoms with Crippen LogP contribution in [-0.2, 0) is 7.05 Å². The number of carboxylic acid groups (broad SMARTS) is 1. The van der Waals surface area contributed by atoms with E-state index >= 15 is 0 Å². The highest BCUT2D eigenvalue weighted by Crippen LogP contribution is 2.08. The molecule has 0 unspecified atom stereocenters. The van der Waals surface area contributed by atoms with Gasteiger partial charge in [-0.05, 0) is 29.8 Å². The van der Waals surface area contributed by atoms with Gasteiger partial charge in [-0.3, -0.25) is 5.43 Å². The summed E-state index contributed by atoms with van der Waals surface area (Å²) in [5.41, 5.74) is 4.64. The van der Waals surface area contributed by atoms with Gasteiger partial charge in [0.05, 0.1) is 23.6 Å². The van der Waals surface area contributed by atoms with Gasteiger partial charge in [-0.15, -0.1) is 0 Å². The lowest BCUT2D eigenvalue weighted by atomic mass is 10.2. The molecule has 0 aliphatic rings. The number of carbonyl (C=O) groups is 1. The van der Waals surface area contributed by atoms with E-state index in [2.05, 4.69) is 10.5 Å². The number of benzene rings is 1. The minimum absolute atomic E-state index is 0.145. The summed E-state index contributed by atoms with van der Waals surface area (Å²) in [5, 5.41) is 14.6. The van der Waals surface area contributed by atoms with Crippen molar-refractivity contribution in [3.8, 4) is 0 Å². The van der Waals surface area contributed by atoms with Crippen LogP contribution in [0.3, 0.4) is 0 Å². The molecular weight excluding hydrogens is 230 g/mol. The number of carboxylic acids is 1. The van der Waals surface area contributed by atoms with E-state index in [9.17, 15) is 9.90 Å². The first kappa shape index (κ1) is 11.9. The van der Waals surface area contributed by atoms with Gasteiger partial charge in [0.2, 0.25) is 0 Å². The van der Waals surface area contributed by atoms with Gasteiger partial charge in [0, 0.05) is 13.2 Å². The van der Waals surface area contributed by atoms with Crippen molar-refractivity contribution in [2.75, 3.05) is 5.43 Å². The van der Waals surface area contributed by atoms with Crippen molar-refractivity contribution in [3.63, 3.8) is 0 Å². The molecule has 0 aliphatic carbocycles. The van der Waals surface area contributed by atoms with Crippen molar-refractivity contribution in [1.82, 2.24) is 4.57 Å². The van der Waals surface area contributed by atoms with Crippen molar-refractivity contribution in [2.24, 2.45) is 12.1 Å². The molecule has 0 bridgehead atoms. The Labute approximate surface area is 104 Å². The lowest BCUT2D eigenvalue weighted by molar-refractivity contribution is -0.255. The Morgan fingerprint density at radius 2 is 2.06 bits per heavy atom. The van der Waals surface area contributed by atoms with Gasteiger partial charge in [0.1, 0.15) is 0 Å². The van der Waals surface area contributed by atoms with Crippen molar-refractivity contribution in [2.45, 2.75) is 0 Å². The topological polar surface area (TPSA) is 69.5 Å². The first-order chi connectivity index (χ1) is 8.66. The molecule has 5 nitrogen and oxygen atoms in total. The fourth-order valence-electron chi connectivity index (χ4n) is 1.46. The maximum absolute atomic E-state index is 10.6. The fraction of sp³-hybridized carbons (Fsp3) is 0.0769. The number of nitrogens with one attached hydrogen (secondary N) is 1. The molecule has 0 aliphatic heterocycles. The summed E-state index contributed by atoms with van der Waals surface area (Å²) in [5.74, 6) is -1.19. The zero-order valence-corrected chi connectivity index (χ0v) is 9.83. The standard InChI is InChI=1S/C13H13N3O2/c1-16-8-2-3-12(16)9-14-15-11-6-4-10(5-7-11)13(17)18/h2-9,15H,1H3,(H,17,18)/p-1/b14-9-. The van der Waals surface area contributed by atoms with E-state index in [-0.39, 0.29) is 5.56 Å². The third-order valence-electron chi connectivity index (χ3n) is 2.50. The molecule has 0 saturated carbocycles. The molecule has 2 rings (SSSR count). The summed E-state index contributed by atoms with van der Waals surface area (Å²) < 4.78 is 1.93. The SMILES string of the molecule is Cn1cccc1/C=N\Nc1ccc(C(=O)[O-])cc1. The molecule has 2 aromatic rings. The van der Waals surface area contributed by atoms with Crippen LogP contribution >= 0.6 is 0 Å². The number of carbonyl (C=O) groups excluding carboxylic acids is 1. The minimum Gasteiger partial charge on any atom is -0.545 e. The van der Waals surface area contributed by atoms with Gasteiger partial charge in [-0.25, -0.2) is 0 Å². The van der Waals surface area contributed by atoms with Crippen molar-refractivity contribution in [1.29, 1.82) is 0 Å². The van der Waals surface area contributed by atoms with Crippen LogP contribution in [0.1, 0.15) is 16.1 Å². The quantitative estimate of drug-likeness (QED) is 0.638. The second-order valence-electron chi connectivity index (χ2n) is 3.78. The average molecular weight is 242 g/mol. The average Bonchev–Trinajstić information content (AvgIpc) is 2.76. The van der Waals surface area contributed by atoms with Gasteiger partial charge in [-0.1, -0.05) is 12.1 Å². The smallest absolute Gasteiger partial charge is 0.0715 e. The summed E-state index contributed by atoms with van der Waals surface area (Å²) in [6.07, 6.45) is 3.61. The second-order valence-corrected chi connectivity index (χ2v) is 3.78. The van der Waals surface area contributed by atoms with E-state index in [1.807, 2.05) is 29.9 Å². The Morgan fingerprint density at radius 1 is 1.33 bits per heavy atom. The third-order valence-corrected chi connectivity index (χ3v) is 2.50. The van der Waals surface area contributed by atoms with Crippen molar-refractivity contribution < 1.29 is 9.90 Å². The molecule has 18 heavy (non-hydrogen) atoms. The van der Waals surface area contributed by atoms with E-state index in [0.717, 1.165) is 5.69 Å². The molecule has 1 aromatic carbocycles. The molecular formula is C13H12N3O2-. The van der Waals surface area contributed by atoms with Gasteiger partial charge in [0.25, 0.3) is 0 Å². The Hall–Kier alpha value is -2.56. The molecule has 1 aromatic heterocycles. The van der Waals surface area contributed by atoms with E-state index < -0.39 is 5.97 Å². The zero-order valence-electron chi connectivity index (χ0n) is 9.83. The Kier molecular flexibility index (Phi) is 3.43. The van der Waals surface area contributed by atoms with Crippen LogP contribution in [0.4, 0.5) is 5.69 Å². The third kappa shape index (κ3) is 2.76. The number of anilines is 1. The van der Waals surface area contributed by atoms with E-state index in [4.69, 9.17) is 0 Å². The first-order valence-electron chi connectivity index (χ1n) is 5.38.